The van der Waals surface area contributed by atoms with E-state index in [1.54, 1.807) is 0 Å². The van der Waals surface area contributed by atoms with Crippen LogP contribution >= 0.6 is 0 Å². The van der Waals surface area contributed by atoms with Crippen molar-refractivity contribution in [1.29, 1.82) is 0 Å². The van der Waals surface area contributed by atoms with Gasteiger partial charge in [-0.25, -0.2) is 0 Å². The summed E-state index contributed by atoms with van der Waals surface area (Å²) >= 11 is 0. The van der Waals surface area contributed by atoms with Crippen molar-refractivity contribution in [3.05, 3.63) is 0 Å². The molecule has 0 bridgehead atoms. The van der Waals surface area contributed by atoms with Crippen LogP contribution in [0.25, 0.3) is 0 Å². The highest BCUT2D eigenvalue weighted by atomic mass is 28.3. The summed E-state index contributed by atoms with van der Waals surface area (Å²) < 4.78 is 16.7. The molecule has 0 aliphatic rings. The number of hydrogen-bond acceptors (Lipinski definition) is 3. The molecule has 122 valence electrons. The van der Waals surface area contributed by atoms with E-state index in [2.05, 4.69) is 13.8 Å². The van der Waals surface area contributed by atoms with Gasteiger partial charge in [0.2, 0.25) is 0 Å². The minimum Gasteiger partial charge on any atom is -0.376 e. The maximum absolute atomic E-state index is 5.75. The average molecular weight is 305 g/mol. The smallest absolute Gasteiger partial charge is 0.376 e. The number of hydrogen-bond donors (Lipinski definition) is 0. The van der Waals surface area contributed by atoms with Gasteiger partial charge >= 0.3 is 9.53 Å². The van der Waals surface area contributed by atoms with Gasteiger partial charge in [-0.3, -0.25) is 0 Å². The highest BCUT2D eigenvalue weighted by molar-refractivity contribution is 6.36. The zero-order chi connectivity index (χ0) is 15.1. The van der Waals surface area contributed by atoms with Gasteiger partial charge < -0.3 is 13.3 Å². The molecule has 0 saturated heterocycles. The highest BCUT2D eigenvalue weighted by Gasteiger charge is 2.14. The summed E-state index contributed by atoms with van der Waals surface area (Å²) in [4.78, 5) is 0. The Bertz CT molecular complexity index is 185. The van der Waals surface area contributed by atoms with Crippen molar-refractivity contribution in [2.45, 2.75) is 79.1 Å². The van der Waals surface area contributed by atoms with Crippen LogP contribution < -0.4 is 0 Å². The van der Waals surface area contributed by atoms with Crippen LogP contribution in [0.4, 0.5) is 0 Å². The van der Waals surface area contributed by atoms with Crippen LogP contribution in [-0.4, -0.2) is 29.3 Å². The Morgan fingerprint density at radius 2 is 1.35 bits per heavy atom. The standard InChI is InChI=1S/C16H36O3Si/c1-5-8-9-10-11-12-13-16(4)14-15-19-20(17-6-2)18-7-3/h16,20H,5-15H2,1-4H3. The third-order valence-corrected chi connectivity index (χ3v) is 5.24. The van der Waals surface area contributed by atoms with E-state index in [0.717, 1.165) is 18.9 Å². The van der Waals surface area contributed by atoms with Gasteiger partial charge in [-0.2, -0.15) is 0 Å². The summed E-state index contributed by atoms with van der Waals surface area (Å²) in [5, 5.41) is 0. The molecule has 0 aliphatic heterocycles. The summed E-state index contributed by atoms with van der Waals surface area (Å²) in [5.41, 5.74) is 0. The molecular weight excluding hydrogens is 268 g/mol. The van der Waals surface area contributed by atoms with Crippen molar-refractivity contribution >= 4 is 9.53 Å². The highest BCUT2D eigenvalue weighted by Crippen LogP contribution is 2.15. The molecule has 0 aromatic rings. The van der Waals surface area contributed by atoms with Crippen molar-refractivity contribution in [3.8, 4) is 0 Å². The summed E-state index contributed by atoms with van der Waals surface area (Å²) in [6, 6.07) is 0. The second-order valence-electron chi connectivity index (χ2n) is 5.52. The fourth-order valence-corrected chi connectivity index (χ4v) is 3.36. The Labute approximate surface area is 128 Å². The van der Waals surface area contributed by atoms with Gasteiger partial charge in [0.1, 0.15) is 0 Å². The van der Waals surface area contributed by atoms with Gasteiger partial charge in [0.25, 0.3) is 0 Å². The summed E-state index contributed by atoms with van der Waals surface area (Å²) in [5.74, 6) is 0.749. The Hall–Kier alpha value is 0.0969. The van der Waals surface area contributed by atoms with Crippen molar-refractivity contribution in [2.24, 2.45) is 5.92 Å². The maximum atomic E-state index is 5.75. The summed E-state index contributed by atoms with van der Waals surface area (Å²) in [6.07, 6.45) is 10.7. The molecule has 0 aromatic heterocycles. The molecule has 0 spiro atoms. The van der Waals surface area contributed by atoms with Crippen LogP contribution in [0, 0.1) is 5.92 Å². The van der Waals surface area contributed by atoms with Crippen molar-refractivity contribution < 1.29 is 13.3 Å². The Morgan fingerprint density at radius 1 is 0.750 bits per heavy atom. The van der Waals surface area contributed by atoms with E-state index in [-0.39, 0.29) is 0 Å². The second kappa shape index (κ2) is 15.5. The van der Waals surface area contributed by atoms with Gasteiger partial charge in [0.05, 0.1) is 0 Å². The molecule has 0 N–H and O–H groups in total. The fourth-order valence-electron chi connectivity index (χ4n) is 2.20. The molecule has 0 saturated carbocycles. The molecule has 4 heteroatoms. The maximum Gasteiger partial charge on any atom is 0.484 e. The normalized spacial score (nSPS) is 13.1. The molecule has 0 rings (SSSR count). The molecule has 0 heterocycles. The van der Waals surface area contributed by atoms with Crippen LogP contribution in [0.3, 0.4) is 0 Å². The van der Waals surface area contributed by atoms with Crippen molar-refractivity contribution in [1.82, 2.24) is 0 Å². The number of rotatable bonds is 15. The summed E-state index contributed by atoms with van der Waals surface area (Å²) in [7, 11) is -1.84. The molecular formula is C16H36O3Si. The van der Waals surface area contributed by atoms with Gasteiger partial charge in [0.15, 0.2) is 0 Å². The largest absolute Gasteiger partial charge is 0.484 e. The van der Waals surface area contributed by atoms with Crippen LogP contribution in [0.1, 0.15) is 79.1 Å². The first-order valence-corrected chi connectivity index (χ1v) is 10.0. The van der Waals surface area contributed by atoms with Gasteiger partial charge in [-0.15, -0.1) is 0 Å². The SMILES string of the molecule is CCCCCCCCC(C)CCO[SiH](OCC)OCC. The van der Waals surface area contributed by atoms with Gasteiger partial charge in [0, 0.05) is 19.8 Å². The minimum atomic E-state index is -1.84. The van der Waals surface area contributed by atoms with E-state index in [0.29, 0.717) is 13.2 Å². The van der Waals surface area contributed by atoms with Crippen LogP contribution in [0.5, 0.6) is 0 Å². The van der Waals surface area contributed by atoms with Gasteiger partial charge in [-0.1, -0.05) is 58.8 Å². The van der Waals surface area contributed by atoms with E-state index in [1.165, 1.54) is 44.9 Å². The lowest BCUT2D eigenvalue weighted by Crippen LogP contribution is -2.28. The zero-order valence-corrected chi connectivity index (χ0v) is 15.3. The van der Waals surface area contributed by atoms with Crippen LogP contribution in [0.15, 0.2) is 0 Å². The third kappa shape index (κ3) is 13.1. The first-order valence-electron chi connectivity index (χ1n) is 8.59. The summed E-state index contributed by atoms with van der Waals surface area (Å²) in [6.45, 7) is 10.7. The lowest BCUT2D eigenvalue weighted by atomic mass is 9.99. The first-order chi connectivity index (χ1) is 9.74. The molecule has 20 heavy (non-hydrogen) atoms. The minimum absolute atomic E-state index is 0.685. The van der Waals surface area contributed by atoms with E-state index in [4.69, 9.17) is 13.3 Å². The third-order valence-electron chi connectivity index (χ3n) is 3.52. The van der Waals surface area contributed by atoms with Crippen LogP contribution in [0.2, 0.25) is 0 Å². The Balaban J connectivity index is 3.44. The molecule has 0 aromatic carbocycles. The Morgan fingerprint density at radius 3 is 1.95 bits per heavy atom. The van der Waals surface area contributed by atoms with Gasteiger partial charge in [-0.05, 0) is 26.2 Å². The average Bonchev–Trinajstić information content (AvgIpc) is 2.43. The van der Waals surface area contributed by atoms with E-state index >= 15 is 0 Å². The predicted molar refractivity (Wildman–Crippen MR) is 88.1 cm³/mol. The number of unbranched alkanes of at least 4 members (excludes halogenated alkanes) is 5. The fraction of sp³-hybridized carbons (Fsp3) is 1.00. The molecule has 3 nitrogen and oxygen atoms in total. The van der Waals surface area contributed by atoms with E-state index in [9.17, 15) is 0 Å². The van der Waals surface area contributed by atoms with E-state index < -0.39 is 9.53 Å². The first kappa shape index (κ1) is 20.1. The monoisotopic (exact) mass is 304 g/mol. The van der Waals surface area contributed by atoms with Crippen LogP contribution in [-0.2, 0) is 13.3 Å². The zero-order valence-electron chi connectivity index (χ0n) is 14.2. The predicted octanol–water partition coefficient (Wildman–Crippen LogP) is 4.57. The van der Waals surface area contributed by atoms with Crippen molar-refractivity contribution in [3.63, 3.8) is 0 Å². The van der Waals surface area contributed by atoms with Crippen molar-refractivity contribution in [2.75, 3.05) is 19.8 Å². The Kier molecular flexibility index (Phi) is 15.6. The lowest BCUT2D eigenvalue weighted by molar-refractivity contribution is 0.0968. The second-order valence-corrected chi connectivity index (χ2v) is 7.10. The lowest BCUT2D eigenvalue weighted by Gasteiger charge is -2.16. The molecule has 0 radical (unpaired) electrons. The molecule has 0 aliphatic carbocycles. The molecule has 0 amide bonds. The molecule has 1 unspecified atom stereocenters. The molecule has 1 atom stereocenters. The molecule has 0 fully saturated rings. The quantitative estimate of drug-likeness (QED) is 0.328. The van der Waals surface area contributed by atoms with E-state index in [1.807, 2.05) is 13.8 Å². The topological polar surface area (TPSA) is 27.7 Å².